The van der Waals surface area contributed by atoms with Crippen LogP contribution < -0.4 is 0 Å². The first-order chi connectivity index (χ1) is 13.0. The van der Waals surface area contributed by atoms with Crippen molar-refractivity contribution in [2.24, 2.45) is 0 Å². The molecule has 1 atom stereocenters. The Bertz CT molecular complexity index is 866. The molecule has 8 heteroatoms. The predicted molar refractivity (Wildman–Crippen MR) is 98.5 cm³/mol. The largest absolute Gasteiger partial charge is 0.444 e. The molecule has 1 heterocycles. The maximum absolute atomic E-state index is 12.9. The van der Waals surface area contributed by atoms with E-state index < -0.39 is 22.7 Å². The van der Waals surface area contributed by atoms with Crippen molar-refractivity contribution >= 4 is 29.2 Å². The maximum Gasteiger partial charge on any atom is 0.339 e. The molecule has 1 aliphatic heterocycles. The molecule has 0 radical (unpaired) electrons. The summed E-state index contributed by atoms with van der Waals surface area (Å²) in [6, 6.07) is 12.3. The fourth-order valence-corrected chi connectivity index (χ4v) is 3.13. The zero-order chi connectivity index (χ0) is 19.4. The lowest BCUT2D eigenvalue weighted by Gasteiger charge is -2.23. The van der Waals surface area contributed by atoms with E-state index in [1.807, 2.05) is 0 Å². The highest BCUT2D eigenvalue weighted by Gasteiger charge is 2.31. The molecule has 3 rings (SSSR count). The zero-order valence-electron chi connectivity index (χ0n) is 14.3. The Morgan fingerprint density at radius 1 is 1.11 bits per heavy atom. The Morgan fingerprint density at radius 3 is 2.41 bits per heavy atom. The quantitative estimate of drug-likeness (QED) is 0.442. The van der Waals surface area contributed by atoms with Crippen LogP contribution in [-0.2, 0) is 9.53 Å². The van der Waals surface area contributed by atoms with E-state index in [1.165, 1.54) is 12.1 Å². The van der Waals surface area contributed by atoms with E-state index in [4.69, 9.17) is 16.3 Å². The molecular formula is C19H17ClN2O5. The van der Waals surface area contributed by atoms with Crippen LogP contribution in [0, 0.1) is 10.1 Å². The minimum atomic E-state index is -1.11. The van der Waals surface area contributed by atoms with Crippen LogP contribution in [-0.4, -0.2) is 34.8 Å². The van der Waals surface area contributed by atoms with Gasteiger partial charge in [0, 0.05) is 24.7 Å². The summed E-state index contributed by atoms with van der Waals surface area (Å²) in [6.07, 6.45) is 0.710. The van der Waals surface area contributed by atoms with Crippen LogP contribution in [0.1, 0.15) is 34.9 Å². The fourth-order valence-electron chi connectivity index (χ4n) is 2.95. The fraction of sp³-hybridized carbons (Fsp3) is 0.263. The lowest BCUT2D eigenvalue weighted by Crippen LogP contribution is -2.34. The second-order valence-corrected chi connectivity index (χ2v) is 6.56. The summed E-state index contributed by atoms with van der Waals surface area (Å²) < 4.78 is 5.48. The molecule has 0 saturated carbocycles. The molecule has 1 amide bonds. The molecule has 2 aromatic rings. The first-order valence-electron chi connectivity index (χ1n) is 8.46. The van der Waals surface area contributed by atoms with Gasteiger partial charge in [-0.15, -0.1) is 0 Å². The Morgan fingerprint density at radius 2 is 1.78 bits per heavy atom. The summed E-state index contributed by atoms with van der Waals surface area (Å²) in [7, 11) is 0. The van der Waals surface area contributed by atoms with Gasteiger partial charge < -0.3 is 9.64 Å². The molecule has 7 nitrogen and oxygen atoms in total. The number of benzene rings is 2. The molecule has 1 saturated heterocycles. The smallest absolute Gasteiger partial charge is 0.339 e. The van der Waals surface area contributed by atoms with Gasteiger partial charge in [0.1, 0.15) is 5.02 Å². The van der Waals surface area contributed by atoms with E-state index in [-0.39, 0.29) is 16.5 Å². The van der Waals surface area contributed by atoms with Crippen LogP contribution in [0.4, 0.5) is 5.69 Å². The van der Waals surface area contributed by atoms with E-state index in [9.17, 15) is 19.7 Å². The number of nitro benzene ring substituents is 1. The van der Waals surface area contributed by atoms with Crippen LogP contribution in [0.5, 0.6) is 0 Å². The summed E-state index contributed by atoms with van der Waals surface area (Å²) in [4.78, 5) is 37.5. The first-order valence-corrected chi connectivity index (χ1v) is 8.84. The summed E-state index contributed by atoms with van der Waals surface area (Å²) in [5.74, 6) is -1.12. The first kappa shape index (κ1) is 18.8. The Hall–Kier alpha value is -2.93. The number of nitro groups is 1. The van der Waals surface area contributed by atoms with E-state index in [0.717, 1.165) is 18.9 Å². The molecule has 27 heavy (non-hydrogen) atoms. The number of hydrogen-bond acceptors (Lipinski definition) is 5. The second kappa shape index (κ2) is 8.18. The number of likely N-dealkylation sites (tertiary alicyclic amines) is 1. The topological polar surface area (TPSA) is 89.8 Å². The lowest BCUT2D eigenvalue weighted by atomic mass is 10.1. The van der Waals surface area contributed by atoms with E-state index in [0.29, 0.717) is 18.7 Å². The van der Waals surface area contributed by atoms with Crippen LogP contribution in [0.25, 0.3) is 0 Å². The molecule has 0 bridgehead atoms. The molecule has 0 aliphatic carbocycles. The van der Waals surface area contributed by atoms with Gasteiger partial charge >= 0.3 is 5.97 Å². The number of hydrogen-bond donors (Lipinski definition) is 0. The summed E-state index contributed by atoms with van der Waals surface area (Å²) in [6.45, 7) is 1.23. The van der Waals surface area contributed by atoms with Crippen molar-refractivity contribution in [2.45, 2.75) is 18.9 Å². The number of amides is 1. The van der Waals surface area contributed by atoms with Crippen molar-refractivity contribution in [2.75, 3.05) is 13.1 Å². The van der Waals surface area contributed by atoms with Crippen molar-refractivity contribution in [3.8, 4) is 0 Å². The normalized spacial score (nSPS) is 14.6. The SMILES string of the molecule is O=C(O[C@H](C(=O)N1CCCC1)c1ccccc1)c1ccc(Cl)c([N+](=O)[O-])c1. The number of carbonyl (C=O) groups excluding carboxylic acids is 2. The minimum Gasteiger partial charge on any atom is -0.444 e. The van der Waals surface area contributed by atoms with E-state index in [1.54, 1.807) is 35.2 Å². The molecule has 2 aromatic carbocycles. The third-order valence-corrected chi connectivity index (χ3v) is 4.67. The van der Waals surface area contributed by atoms with Crippen molar-refractivity contribution in [3.63, 3.8) is 0 Å². The highest BCUT2D eigenvalue weighted by atomic mass is 35.5. The summed E-state index contributed by atoms with van der Waals surface area (Å²) in [5.41, 5.74) is 0.112. The van der Waals surface area contributed by atoms with Crippen LogP contribution in [0.3, 0.4) is 0 Å². The molecule has 0 spiro atoms. The molecule has 0 unspecified atom stereocenters. The van der Waals surface area contributed by atoms with Gasteiger partial charge in [0.05, 0.1) is 10.5 Å². The van der Waals surface area contributed by atoms with Crippen LogP contribution >= 0.6 is 11.6 Å². The number of rotatable bonds is 5. The Balaban J connectivity index is 1.87. The van der Waals surface area contributed by atoms with Gasteiger partial charge in [0.15, 0.2) is 0 Å². The van der Waals surface area contributed by atoms with Crippen molar-refractivity contribution in [1.82, 2.24) is 4.90 Å². The number of carbonyl (C=O) groups is 2. The second-order valence-electron chi connectivity index (χ2n) is 6.15. The maximum atomic E-state index is 12.9. The van der Waals surface area contributed by atoms with Gasteiger partial charge in [-0.3, -0.25) is 14.9 Å². The number of nitrogens with zero attached hydrogens (tertiary/aromatic N) is 2. The van der Waals surface area contributed by atoms with Gasteiger partial charge in [0.2, 0.25) is 6.10 Å². The lowest BCUT2D eigenvalue weighted by molar-refractivity contribution is -0.384. The Labute approximate surface area is 160 Å². The Kier molecular flexibility index (Phi) is 5.71. The molecule has 0 N–H and O–H groups in total. The average molecular weight is 389 g/mol. The monoisotopic (exact) mass is 388 g/mol. The van der Waals surface area contributed by atoms with Crippen molar-refractivity contribution in [1.29, 1.82) is 0 Å². The number of esters is 1. The van der Waals surface area contributed by atoms with Gasteiger partial charge in [-0.25, -0.2) is 4.79 Å². The van der Waals surface area contributed by atoms with Crippen LogP contribution in [0.2, 0.25) is 5.02 Å². The highest BCUT2D eigenvalue weighted by Crippen LogP contribution is 2.28. The predicted octanol–water partition coefficient (Wildman–Crippen LogP) is 3.77. The van der Waals surface area contributed by atoms with Crippen molar-refractivity contribution in [3.05, 3.63) is 74.8 Å². The molecule has 140 valence electrons. The summed E-state index contributed by atoms with van der Waals surface area (Å²) in [5, 5.41) is 11.0. The van der Waals surface area contributed by atoms with Gasteiger partial charge in [0.25, 0.3) is 11.6 Å². The highest BCUT2D eigenvalue weighted by molar-refractivity contribution is 6.32. The minimum absolute atomic E-state index is 0.0405. The van der Waals surface area contributed by atoms with Crippen LogP contribution in [0.15, 0.2) is 48.5 Å². The average Bonchev–Trinajstić information content (AvgIpc) is 3.21. The number of halogens is 1. The summed E-state index contributed by atoms with van der Waals surface area (Å²) >= 11 is 5.78. The molecule has 0 aromatic heterocycles. The molecular weight excluding hydrogens is 372 g/mol. The third kappa shape index (κ3) is 4.25. The number of ether oxygens (including phenoxy) is 1. The van der Waals surface area contributed by atoms with Gasteiger partial charge in [-0.2, -0.15) is 0 Å². The third-order valence-electron chi connectivity index (χ3n) is 4.35. The van der Waals surface area contributed by atoms with Crippen molar-refractivity contribution < 1.29 is 19.2 Å². The van der Waals surface area contributed by atoms with E-state index >= 15 is 0 Å². The van der Waals surface area contributed by atoms with Gasteiger partial charge in [-0.1, -0.05) is 41.9 Å². The van der Waals surface area contributed by atoms with Gasteiger partial charge in [-0.05, 0) is 25.0 Å². The standard InChI is InChI=1S/C19H17ClN2O5/c20-15-9-8-14(12-16(15)22(25)26)19(24)27-17(13-6-2-1-3-7-13)18(23)21-10-4-5-11-21/h1-3,6-9,12,17H,4-5,10-11H2/t17-/m0/s1. The zero-order valence-corrected chi connectivity index (χ0v) is 15.1. The van der Waals surface area contributed by atoms with E-state index in [2.05, 4.69) is 0 Å². The molecule has 1 fully saturated rings. The molecule has 1 aliphatic rings.